The zero-order valence-electron chi connectivity index (χ0n) is 10.2. The molecule has 6 atom stereocenters. The van der Waals surface area contributed by atoms with Gasteiger partial charge in [-0.1, -0.05) is 27.7 Å². The van der Waals surface area contributed by atoms with Crippen molar-refractivity contribution in [3.63, 3.8) is 0 Å². The fourth-order valence-electron chi connectivity index (χ4n) is 2.50. The third-order valence-electron chi connectivity index (χ3n) is 4.12. The van der Waals surface area contributed by atoms with E-state index in [1.807, 2.05) is 13.8 Å². The Balaban J connectivity index is 2.81. The van der Waals surface area contributed by atoms with Crippen LogP contribution in [0.2, 0.25) is 0 Å². The van der Waals surface area contributed by atoms with Crippen LogP contribution in [0.4, 0.5) is 4.39 Å². The van der Waals surface area contributed by atoms with Crippen molar-refractivity contribution in [3.05, 3.63) is 0 Å². The van der Waals surface area contributed by atoms with Crippen molar-refractivity contribution in [3.8, 4) is 0 Å². The Morgan fingerprint density at radius 3 is 1.93 bits per heavy atom. The van der Waals surface area contributed by atoms with Crippen LogP contribution in [-0.4, -0.2) is 18.2 Å². The predicted molar refractivity (Wildman–Crippen MR) is 57.1 cm³/mol. The van der Waals surface area contributed by atoms with E-state index in [0.29, 0.717) is 11.8 Å². The van der Waals surface area contributed by atoms with Crippen molar-refractivity contribution in [1.82, 2.24) is 0 Å². The molecule has 0 bridgehead atoms. The summed E-state index contributed by atoms with van der Waals surface area (Å²) in [5, 5.41) is 0. The Bertz CT molecular complexity index is 226. The van der Waals surface area contributed by atoms with Crippen molar-refractivity contribution < 1.29 is 13.9 Å². The van der Waals surface area contributed by atoms with Crippen LogP contribution < -0.4 is 0 Å². The third kappa shape index (κ3) is 2.32. The van der Waals surface area contributed by atoms with E-state index in [4.69, 9.17) is 4.74 Å². The maximum atomic E-state index is 14.0. The van der Waals surface area contributed by atoms with E-state index in [0.717, 1.165) is 0 Å². The monoisotopic (exact) mass is 216 g/mol. The molecule has 0 radical (unpaired) electrons. The molecule has 0 amide bonds. The summed E-state index contributed by atoms with van der Waals surface area (Å²) < 4.78 is 19.1. The number of halogens is 1. The number of ether oxygens (including phenoxy) is 1. The molecule has 2 nitrogen and oxygen atoms in total. The molecule has 0 aromatic rings. The van der Waals surface area contributed by atoms with Gasteiger partial charge in [-0.2, -0.15) is 0 Å². The minimum absolute atomic E-state index is 0.0412. The van der Waals surface area contributed by atoms with Crippen LogP contribution in [0.25, 0.3) is 0 Å². The van der Waals surface area contributed by atoms with E-state index in [-0.39, 0.29) is 17.8 Å². The second kappa shape index (κ2) is 4.50. The van der Waals surface area contributed by atoms with Gasteiger partial charge in [0.25, 0.3) is 0 Å². The van der Waals surface area contributed by atoms with Crippen LogP contribution in [0.3, 0.4) is 0 Å². The fourth-order valence-corrected chi connectivity index (χ4v) is 2.50. The fraction of sp³-hybridized carbons (Fsp3) is 0.917. The molecule has 88 valence electrons. The number of carbonyl (C=O) groups is 1. The minimum atomic E-state index is -1.03. The lowest BCUT2D eigenvalue weighted by Gasteiger charge is -2.43. The first kappa shape index (κ1) is 12.5. The van der Waals surface area contributed by atoms with Crippen LogP contribution >= 0.6 is 0 Å². The van der Waals surface area contributed by atoms with Crippen LogP contribution in [0.15, 0.2) is 0 Å². The first-order valence-corrected chi connectivity index (χ1v) is 5.67. The highest BCUT2D eigenvalue weighted by molar-refractivity contribution is 5.66. The number of hydrogen-bond acceptors (Lipinski definition) is 2. The SMILES string of the molecule is CC(=O)OC1C(C)C(C)C(C)C(C)C1F. The number of hydrogen-bond donors (Lipinski definition) is 0. The summed E-state index contributed by atoms with van der Waals surface area (Å²) in [7, 11) is 0. The topological polar surface area (TPSA) is 26.3 Å². The van der Waals surface area contributed by atoms with Crippen LogP contribution in [0, 0.1) is 23.7 Å². The average Bonchev–Trinajstić information content (AvgIpc) is 2.18. The Morgan fingerprint density at radius 2 is 1.47 bits per heavy atom. The van der Waals surface area contributed by atoms with E-state index < -0.39 is 12.3 Å². The van der Waals surface area contributed by atoms with Gasteiger partial charge in [0.2, 0.25) is 0 Å². The summed E-state index contributed by atoms with van der Waals surface area (Å²) in [6.45, 7) is 9.38. The zero-order chi connectivity index (χ0) is 11.7. The number of rotatable bonds is 1. The summed E-state index contributed by atoms with van der Waals surface area (Å²) in [5.41, 5.74) is 0. The zero-order valence-corrected chi connectivity index (χ0v) is 10.2. The molecule has 1 aliphatic carbocycles. The van der Waals surface area contributed by atoms with Crippen molar-refractivity contribution in [2.75, 3.05) is 0 Å². The molecule has 1 fully saturated rings. The van der Waals surface area contributed by atoms with Gasteiger partial charge < -0.3 is 4.74 Å². The van der Waals surface area contributed by atoms with Gasteiger partial charge >= 0.3 is 5.97 Å². The van der Waals surface area contributed by atoms with Gasteiger partial charge in [0, 0.05) is 6.92 Å². The Hall–Kier alpha value is -0.600. The predicted octanol–water partition coefficient (Wildman–Crippen LogP) is 2.81. The minimum Gasteiger partial charge on any atom is -0.459 e. The highest BCUT2D eigenvalue weighted by Crippen LogP contribution is 2.41. The smallest absolute Gasteiger partial charge is 0.303 e. The first-order valence-electron chi connectivity index (χ1n) is 5.67. The Morgan fingerprint density at radius 1 is 1.00 bits per heavy atom. The Kier molecular flexibility index (Phi) is 3.74. The molecule has 0 saturated heterocycles. The molecule has 0 N–H and O–H groups in total. The van der Waals surface area contributed by atoms with Gasteiger partial charge in [0.1, 0.15) is 12.3 Å². The highest BCUT2D eigenvalue weighted by atomic mass is 19.1. The maximum absolute atomic E-state index is 14.0. The van der Waals surface area contributed by atoms with Gasteiger partial charge in [-0.05, 0) is 23.7 Å². The van der Waals surface area contributed by atoms with Crippen molar-refractivity contribution in [2.45, 2.75) is 46.9 Å². The first-order chi connectivity index (χ1) is 6.86. The molecule has 15 heavy (non-hydrogen) atoms. The number of esters is 1. The van der Waals surface area contributed by atoms with Crippen LogP contribution in [-0.2, 0) is 9.53 Å². The van der Waals surface area contributed by atoms with Crippen molar-refractivity contribution in [1.29, 1.82) is 0 Å². The van der Waals surface area contributed by atoms with Gasteiger partial charge in [-0.15, -0.1) is 0 Å². The van der Waals surface area contributed by atoms with E-state index >= 15 is 0 Å². The second-order valence-electron chi connectivity index (χ2n) is 4.95. The molecule has 1 aliphatic rings. The summed E-state index contributed by atoms with van der Waals surface area (Å²) in [4.78, 5) is 10.9. The van der Waals surface area contributed by atoms with E-state index in [9.17, 15) is 9.18 Å². The molecular weight excluding hydrogens is 195 g/mol. The maximum Gasteiger partial charge on any atom is 0.303 e. The molecule has 3 heteroatoms. The molecule has 0 aliphatic heterocycles. The summed E-state index contributed by atoms with van der Waals surface area (Å²) in [6.07, 6.45) is -1.60. The molecule has 0 heterocycles. The van der Waals surface area contributed by atoms with E-state index in [1.165, 1.54) is 6.92 Å². The number of carbonyl (C=O) groups excluding carboxylic acids is 1. The highest BCUT2D eigenvalue weighted by Gasteiger charge is 2.45. The molecule has 6 unspecified atom stereocenters. The average molecular weight is 216 g/mol. The molecule has 0 aromatic heterocycles. The summed E-state index contributed by atoms with van der Waals surface area (Å²) >= 11 is 0. The van der Waals surface area contributed by atoms with Crippen LogP contribution in [0.1, 0.15) is 34.6 Å². The van der Waals surface area contributed by atoms with Crippen molar-refractivity contribution in [2.24, 2.45) is 23.7 Å². The lowest BCUT2D eigenvalue weighted by Crippen LogP contribution is -2.49. The van der Waals surface area contributed by atoms with E-state index in [1.54, 1.807) is 0 Å². The van der Waals surface area contributed by atoms with Gasteiger partial charge in [-0.25, -0.2) is 4.39 Å². The standard InChI is InChI=1S/C12H21FO2/c1-6-7(2)9(4)12(15-10(5)14)11(13)8(6)3/h6-9,11-12H,1-5H3. The molecule has 0 aromatic carbocycles. The third-order valence-corrected chi connectivity index (χ3v) is 4.12. The molecular formula is C12H21FO2. The second-order valence-corrected chi connectivity index (χ2v) is 4.95. The van der Waals surface area contributed by atoms with Crippen molar-refractivity contribution >= 4 is 5.97 Å². The summed E-state index contributed by atoms with van der Waals surface area (Å²) in [5.74, 6) is 0.386. The van der Waals surface area contributed by atoms with Crippen LogP contribution in [0.5, 0.6) is 0 Å². The Labute approximate surface area is 91.2 Å². The number of alkyl halides is 1. The van der Waals surface area contributed by atoms with Gasteiger partial charge in [0.05, 0.1) is 0 Å². The van der Waals surface area contributed by atoms with Gasteiger partial charge in [-0.3, -0.25) is 4.79 Å². The summed E-state index contributed by atoms with van der Waals surface area (Å²) in [6, 6.07) is 0. The molecule has 1 saturated carbocycles. The largest absolute Gasteiger partial charge is 0.459 e. The molecule has 1 rings (SSSR count). The lowest BCUT2D eigenvalue weighted by atomic mass is 9.67. The lowest BCUT2D eigenvalue weighted by molar-refractivity contribution is -0.163. The van der Waals surface area contributed by atoms with E-state index in [2.05, 4.69) is 13.8 Å². The normalized spacial score (nSPS) is 46.3. The van der Waals surface area contributed by atoms with Gasteiger partial charge in [0.15, 0.2) is 0 Å². The molecule has 0 spiro atoms. The quantitative estimate of drug-likeness (QED) is 0.630.